The number of fused-ring (bicyclic) bond motifs is 2. The number of amides is 1. The third-order valence-corrected chi connectivity index (χ3v) is 4.89. The molecule has 2 aliphatic rings. The highest BCUT2D eigenvalue weighted by molar-refractivity contribution is 5.78. The van der Waals surface area contributed by atoms with Crippen molar-refractivity contribution in [2.24, 2.45) is 17.6 Å². The highest BCUT2D eigenvalue weighted by Crippen LogP contribution is 2.39. The first-order valence-electron chi connectivity index (χ1n) is 8.05. The summed E-state index contributed by atoms with van der Waals surface area (Å²) in [7, 11) is 0. The van der Waals surface area contributed by atoms with E-state index >= 15 is 0 Å². The van der Waals surface area contributed by atoms with E-state index in [4.69, 9.17) is 10.5 Å². The predicted molar refractivity (Wildman–Crippen MR) is 81.9 cm³/mol. The number of carbonyl (C=O) groups excluding carboxylic acids is 1. The van der Waals surface area contributed by atoms with Crippen LogP contribution < -0.4 is 15.8 Å². The van der Waals surface area contributed by atoms with E-state index in [1.807, 2.05) is 0 Å². The fourth-order valence-corrected chi connectivity index (χ4v) is 3.93. The van der Waals surface area contributed by atoms with Gasteiger partial charge in [0, 0.05) is 12.1 Å². The number of nitrogens with two attached hydrogens (primary N) is 1. The normalized spacial score (nSPS) is 30.6. The molecule has 1 amide bonds. The Morgan fingerprint density at radius 1 is 1.23 bits per heavy atom. The third kappa shape index (κ3) is 3.58. The van der Waals surface area contributed by atoms with Gasteiger partial charge < -0.3 is 15.8 Å². The van der Waals surface area contributed by atoms with Crippen molar-refractivity contribution in [3.63, 3.8) is 0 Å². The molecule has 2 unspecified atom stereocenters. The zero-order valence-corrected chi connectivity index (χ0v) is 12.6. The van der Waals surface area contributed by atoms with E-state index in [-0.39, 0.29) is 30.4 Å². The van der Waals surface area contributed by atoms with Crippen LogP contribution >= 0.6 is 0 Å². The Hall–Kier alpha value is -1.62. The molecule has 1 aromatic carbocycles. The van der Waals surface area contributed by atoms with Gasteiger partial charge >= 0.3 is 0 Å². The standard InChI is InChI=1S/C17H23FN2O2/c18-13-4-6-15(7-5-13)22-10-16(21)20-17-11-2-1-3-12(17)9-14(19)8-11/h4-7,11-12,14,17H,1-3,8-10,19H2,(H,20,21). The van der Waals surface area contributed by atoms with Crippen LogP contribution in [0.4, 0.5) is 4.39 Å². The zero-order valence-electron chi connectivity index (χ0n) is 12.6. The van der Waals surface area contributed by atoms with Gasteiger partial charge in [-0.3, -0.25) is 4.79 Å². The van der Waals surface area contributed by atoms with Crippen molar-refractivity contribution in [3.05, 3.63) is 30.1 Å². The Bertz CT molecular complexity index is 506. The number of carbonyl (C=O) groups is 1. The van der Waals surface area contributed by atoms with E-state index in [0.29, 0.717) is 17.6 Å². The SMILES string of the molecule is NC1CC2CCCC(C1)C2NC(=O)COc1ccc(F)cc1. The van der Waals surface area contributed by atoms with Gasteiger partial charge in [0.2, 0.25) is 0 Å². The summed E-state index contributed by atoms with van der Waals surface area (Å²) in [6.07, 6.45) is 5.53. The summed E-state index contributed by atoms with van der Waals surface area (Å²) in [4.78, 5) is 12.1. The van der Waals surface area contributed by atoms with Crippen molar-refractivity contribution in [1.29, 1.82) is 0 Å². The molecule has 3 N–H and O–H groups in total. The van der Waals surface area contributed by atoms with Gasteiger partial charge in [-0.1, -0.05) is 6.42 Å². The molecule has 2 saturated carbocycles. The van der Waals surface area contributed by atoms with Gasteiger partial charge in [0.1, 0.15) is 11.6 Å². The van der Waals surface area contributed by atoms with Gasteiger partial charge in [-0.15, -0.1) is 0 Å². The van der Waals surface area contributed by atoms with Gasteiger partial charge in [0.05, 0.1) is 0 Å². The average molecular weight is 306 g/mol. The summed E-state index contributed by atoms with van der Waals surface area (Å²) in [5.74, 6) is 1.07. The molecular weight excluding hydrogens is 283 g/mol. The van der Waals surface area contributed by atoms with Gasteiger partial charge in [0.25, 0.3) is 5.91 Å². The van der Waals surface area contributed by atoms with Gasteiger partial charge in [-0.25, -0.2) is 4.39 Å². The molecule has 22 heavy (non-hydrogen) atoms. The number of benzene rings is 1. The monoisotopic (exact) mass is 306 g/mol. The fraction of sp³-hybridized carbons (Fsp3) is 0.588. The summed E-state index contributed by atoms with van der Waals surface area (Å²) >= 11 is 0. The molecule has 0 aromatic heterocycles. The Morgan fingerprint density at radius 3 is 2.50 bits per heavy atom. The molecule has 2 atom stereocenters. The Kier molecular flexibility index (Phi) is 4.62. The molecule has 2 aliphatic carbocycles. The quantitative estimate of drug-likeness (QED) is 0.896. The summed E-state index contributed by atoms with van der Waals surface area (Å²) in [6.45, 7) is -0.0341. The van der Waals surface area contributed by atoms with Crippen molar-refractivity contribution in [2.75, 3.05) is 6.61 Å². The van der Waals surface area contributed by atoms with Crippen molar-refractivity contribution < 1.29 is 13.9 Å². The number of hydrogen-bond acceptors (Lipinski definition) is 3. The number of ether oxygens (including phenoxy) is 1. The summed E-state index contributed by atoms with van der Waals surface area (Å²) in [5.41, 5.74) is 6.10. The lowest BCUT2D eigenvalue weighted by atomic mass is 9.67. The first kappa shape index (κ1) is 15.3. The molecule has 0 aliphatic heterocycles. The van der Waals surface area contributed by atoms with Crippen LogP contribution in [0.5, 0.6) is 5.75 Å². The number of rotatable bonds is 4. The van der Waals surface area contributed by atoms with Crippen molar-refractivity contribution in [1.82, 2.24) is 5.32 Å². The minimum absolute atomic E-state index is 0.0341. The van der Waals surface area contributed by atoms with Gasteiger partial charge in [-0.2, -0.15) is 0 Å². The molecule has 0 saturated heterocycles. The third-order valence-electron chi connectivity index (χ3n) is 4.89. The second kappa shape index (κ2) is 6.65. The Balaban J connectivity index is 1.52. The van der Waals surface area contributed by atoms with Crippen LogP contribution in [0.1, 0.15) is 32.1 Å². The van der Waals surface area contributed by atoms with Crippen LogP contribution in [0.15, 0.2) is 24.3 Å². The van der Waals surface area contributed by atoms with Crippen LogP contribution in [0.2, 0.25) is 0 Å². The highest BCUT2D eigenvalue weighted by Gasteiger charge is 2.39. The van der Waals surface area contributed by atoms with Crippen LogP contribution in [-0.2, 0) is 4.79 Å². The van der Waals surface area contributed by atoms with Crippen LogP contribution in [0.3, 0.4) is 0 Å². The first-order chi connectivity index (χ1) is 10.6. The second-order valence-corrected chi connectivity index (χ2v) is 6.52. The molecule has 5 heteroatoms. The van der Waals surface area contributed by atoms with Crippen molar-refractivity contribution in [3.8, 4) is 5.75 Å². The van der Waals surface area contributed by atoms with E-state index < -0.39 is 0 Å². The molecule has 120 valence electrons. The van der Waals surface area contributed by atoms with Gasteiger partial charge in [-0.05, 0) is 61.8 Å². The fourth-order valence-electron chi connectivity index (χ4n) is 3.93. The van der Waals surface area contributed by atoms with Crippen LogP contribution in [0.25, 0.3) is 0 Å². The van der Waals surface area contributed by atoms with E-state index in [9.17, 15) is 9.18 Å². The van der Waals surface area contributed by atoms with E-state index in [0.717, 1.165) is 25.7 Å². The van der Waals surface area contributed by atoms with E-state index in [2.05, 4.69) is 5.32 Å². The molecule has 4 nitrogen and oxygen atoms in total. The number of hydrogen-bond donors (Lipinski definition) is 2. The Morgan fingerprint density at radius 2 is 1.86 bits per heavy atom. The molecule has 3 rings (SSSR count). The molecular formula is C17H23FN2O2. The lowest BCUT2D eigenvalue weighted by Gasteiger charge is -2.45. The molecule has 0 radical (unpaired) electrons. The zero-order chi connectivity index (χ0) is 15.5. The Labute approximate surface area is 130 Å². The lowest BCUT2D eigenvalue weighted by molar-refractivity contribution is -0.125. The summed E-state index contributed by atoms with van der Waals surface area (Å²) in [5, 5.41) is 3.13. The number of nitrogens with one attached hydrogen (secondary N) is 1. The molecule has 1 aromatic rings. The largest absolute Gasteiger partial charge is 0.484 e. The maximum atomic E-state index is 12.8. The number of halogens is 1. The molecule has 0 heterocycles. The van der Waals surface area contributed by atoms with Crippen molar-refractivity contribution >= 4 is 5.91 Å². The van der Waals surface area contributed by atoms with E-state index in [1.54, 1.807) is 0 Å². The first-order valence-corrected chi connectivity index (χ1v) is 8.05. The van der Waals surface area contributed by atoms with E-state index in [1.165, 1.54) is 30.7 Å². The molecule has 2 fully saturated rings. The highest BCUT2D eigenvalue weighted by atomic mass is 19.1. The average Bonchev–Trinajstić information content (AvgIpc) is 2.48. The molecule has 0 spiro atoms. The summed E-state index contributed by atoms with van der Waals surface area (Å²) < 4.78 is 18.2. The minimum Gasteiger partial charge on any atom is -0.484 e. The minimum atomic E-state index is -0.317. The smallest absolute Gasteiger partial charge is 0.258 e. The second-order valence-electron chi connectivity index (χ2n) is 6.52. The van der Waals surface area contributed by atoms with Gasteiger partial charge in [0.15, 0.2) is 6.61 Å². The van der Waals surface area contributed by atoms with Crippen molar-refractivity contribution in [2.45, 2.75) is 44.2 Å². The topological polar surface area (TPSA) is 64.3 Å². The predicted octanol–water partition coefficient (Wildman–Crippen LogP) is 2.23. The summed E-state index contributed by atoms with van der Waals surface area (Å²) in [6, 6.07) is 6.20. The van der Waals surface area contributed by atoms with Crippen LogP contribution in [0, 0.1) is 17.7 Å². The maximum Gasteiger partial charge on any atom is 0.258 e. The van der Waals surface area contributed by atoms with Crippen LogP contribution in [-0.4, -0.2) is 24.6 Å². The lowest BCUT2D eigenvalue weighted by Crippen LogP contribution is -2.54. The molecule has 2 bridgehead atoms. The maximum absolute atomic E-state index is 12.8.